The Morgan fingerprint density at radius 2 is 1.83 bits per heavy atom. The van der Waals surface area contributed by atoms with Gasteiger partial charge in [-0.25, -0.2) is 0 Å². The SMILES string of the molecule is CCOc1ccc(C(=O)NNC(=S)Nc2cccc(CC)c2)cc1. The van der Waals surface area contributed by atoms with Crippen molar-refractivity contribution in [2.45, 2.75) is 20.3 Å². The van der Waals surface area contributed by atoms with Crippen molar-refractivity contribution >= 4 is 28.9 Å². The van der Waals surface area contributed by atoms with Crippen LogP contribution in [0.5, 0.6) is 5.75 Å². The molecule has 0 aliphatic carbocycles. The van der Waals surface area contributed by atoms with Crippen molar-refractivity contribution in [1.29, 1.82) is 0 Å². The number of nitrogens with one attached hydrogen (secondary N) is 3. The highest BCUT2D eigenvalue weighted by Crippen LogP contribution is 2.12. The zero-order chi connectivity index (χ0) is 17.4. The number of carbonyl (C=O) groups excluding carboxylic acids is 1. The van der Waals surface area contributed by atoms with Crippen LogP contribution in [0.25, 0.3) is 0 Å². The molecule has 24 heavy (non-hydrogen) atoms. The van der Waals surface area contributed by atoms with Crippen LogP contribution < -0.4 is 20.9 Å². The van der Waals surface area contributed by atoms with Gasteiger partial charge in [0, 0.05) is 11.3 Å². The van der Waals surface area contributed by atoms with Gasteiger partial charge in [-0.3, -0.25) is 15.6 Å². The summed E-state index contributed by atoms with van der Waals surface area (Å²) in [6, 6.07) is 14.9. The molecule has 0 bridgehead atoms. The second kappa shape index (κ2) is 8.88. The molecule has 3 N–H and O–H groups in total. The Hall–Kier alpha value is -2.60. The van der Waals surface area contributed by atoms with Crippen molar-refractivity contribution in [3.8, 4) is 5.75 Å². The lowest BCUT2D eigenvalue weighted by Gasteiger charge is -2.12. The number of rotatable bonds is 5. The fourth-order valence-corrected chi connectivity index (χ4v) is 2.26. The van der Waals surface area contributed by atoms with Crippen molar-refractivity contribution in [3.63, 3.8) is 0 Å². The Bertz CT molecular complexity index is 702. The van der Waals surface area contributed by atoms with Crippen molar-refractivity contribution in [1.82, 2.24) is 10.9 Å². The number of ether oxygens (including phenoxy) is 1. The molecule has 0 saturated heterocycles. The maximum Gasteiger partial charge on any atom is 0.269 e. The largest absolute Gasteiger partial charge is 0.494 e. The third kappa shape index (κ3) is 5.24. The minimum Gasteiger partial charge on any atom is -0.494 e. The van der Waals surface area contributed by atoms with Crippen molar-refractivity contribution in [2.75, 3.05) is 11.9 Å². The molecule has 2 rings (SSSR count). The van der Waals surface area contributed by atoms with Gasteiger partial charge in [-0.05, 0) is 67.5 Å². The van der Waals surface area contributed by atoms with E-state index in [9.17, 15) is 4.79 Å². The first-order chi connectivity index (χ1) is 11.6. The zero-order valence-electron chi connectivity index (χ0n) is 13.8. The first-order valence-electron chi connectivity index (χ1n) is 7.81. The molecule has 0 spiro atoms. The quantitative estimate of drug-likeness (QED) is 0.574. The van der Waals surface area contributed by atoms with Crippen molar-refractivity contribution in [3.05, 3.63) is 59.7 Å². The van der Waals surface area contributed by atoms with Crippen molar-refractivity contribution in [2.24, 2.45) is 0 Å². The fourth-order valence-electron chi connectivity index (χ4n) is 2.09. The molecule has 2 aromatic carbocycles. The topological polar surface area (TPSA) is 62.4 Å². The molecule has 0 aliphatic heterocycles. The average Bonchev–Trinajstić information content (AvgIpc) is 2.61. The first kappa shape index (κ1) is 17.7. The maximum atomic E-state index is 12.1. The average molecular weight is 343 g/mol. The Morgan fingerprint density at radius 1 is 1.08 bits per heavy atom. The minimum absolute atomic E-state index is 0.274. The Kier molecular flexibility index (Phi) is 6.57. The van der Waals surface area contributed by atoms with Gasteiger partial charge in [0.25, 0.3) is 5.91 Å². The summed E-state index contributed by atoms with van der Waals surface area (Å²) >= 11 is 5.18. The van der Waals surface area contributed by atoms with Crippen LogP contribution in [0.2, 0.25) is 0 Å². The Balaban J connectivity index is 1.85. The lowest BCUT2D eigenvalue weighted by molar-refractivity contribution is 0.0944. The number of aryl methyl sites for hydroxylation is 1. The van der Waals surface area contributed by atoms with E-state index in [1.54, 1.807) is 24.3 Å². The summed E-state index contributed by atoms with van der Waals surface area (Å²) in [6.07, 6.45) is 0.949. The lowest BCUT2D eigenvalue weighted by Crippen LogP contribution is -2.43. The van der Waals surface area contributed by atoms with E-state index in [0.29, 0.717) is 17.3 Å². The molecular formula is C18H21N3O2S. The molecule has 0 heterocycles. The molecule has 0 saturated carbocycles. The van der Waals surface area contributed by atoms with Gasteiger partial charge in [0.05, 0.1) is 6.61 Å². The molecule has 126 valence electrons. The number of hydrogen-bond donors (Lipinski definition) is 3. The number of thiocarbonyl (C=S) groups is 1. The molecule has 5 nitrogen and oxygen atoms in total. The number of anilines is 1. The summed E-state index contributed by atoms with van der Waals surface area (Å²) in [5.41, 5.74) is 7.86. The van der Waals surface area contributed by atoms with Crippen LogP contribution in [-0.2, 0) is 6.42 Å². The normalized spacial score (nSPS) is 9.92. The van der Waals surface area contributed by atoms with Crippen LogP contribution >= 0.6 is 12.2 Å². The Morgan fingerprint density at radius 3 is 2.50 bits per heavy atom. The number of hydrazine groups is 1. The number of amides is 1. The third-order valence-electron chi connectivity index (χ3n) is 3.31. The predicted octanol–water partition coefficient (Wildman–Crippen LogP) is 3.28. The van der Waals surface area contributed by atoms with Crippen LogP contribution in [0.15, 0.2) is 48.5 Å². The summed E-state index contributed by atoms with van der Waals surface area (Å²) in [7, 11) is 0. The molecule has 0 fully saturated rings. The molecular weight excluding hydrogens is 322 g/mol. The van der Waals surface area contributed by atoms with Gasteiger partial charge in [0.2, 0.25) is 0 Å². The molecule has 6 heteroatoms. The van der Waals surface area contributed by atoms with E-state index in [1.807, 2.05) is 25.1 Å². The zero-order valence-corrected chi connectivity index (χ0v) is 14.6. The van der Waals surface area contributed by atoms with Crippen LogP contribution in [0, 0.1) is 0 Å². The van der Waals surface area contributed by atoms with Gasteiger partial charge in [-0.15, -0.1) is 0 Å². The van der Waals surface area contributed by atoms with Crippen LogP contribution in [0.1, 0.15) is 29.8 Å². The van der Waals surface area contributed by atoms with E-state index in [1.165, 1.54) is 5.56 Å². The number of hydrogen-bond acceptors (Lipinski definition) is 3. The van der Waals surface area contributed by atoms with E-state index < -0.39 is 0 Å². The monoisotopic (exact) mass is 343 g/mol. The van der Waals surface area contributed by atoms with Gasteiger partial charge in [0.15, 0.2) is 5.11 Å². The van der Waals surface area contributed by atoms with E-state index in [0.717, 1.165) is 17.9 Å². The van der Waals surface area contributed by atoms with Gasteiger partial charge in [-0.2, -0.15) is 0 Å². The molecule has 0 radical (unpaired) electrons. The molecule has 0 atom stereocenters. The second-order valence-electron chi connectivity index (χ2n) is 5.04. The van der Waals surface area contributed by atoms with Gasteiger partial charge < -0.3 is 10.1 Å². The third-order valence-corrected chi connectivity index (χ3v) is 3.51. The fraction of sp³-hybridized carbons (Fsp3) is 0.222. The smallest absolute Gasteiger partial charge is 0.269 e. The first-order valence-corrected chi connectivity index (χ1v) is 8.22. The summed E-state index contributed by atoms with van der Waals surface area (Å²) < 4.78 is 5.35. The predicted molar refractivity (Wildman–Crippen MR) is 100 cm³/mol. The standard InChI is InChI=1S/C18H21N3O2S/c1-3-13-6-5-7-15(12-13)19-18(24)21-20-17(22)14-8-10-16(11-9-14)23-4-2/h5-12H,3-4H2,1-2H3,(H,20,22)(H2,19,21,24). The summed E-state index contributed by atoms with van der Waals surface area (Å²) in [4.78, 5) is 12.1. The highest BCUT2D eigenvalue weighted by Gasteiger charge is 2.06. The highest BCUT2D eigenvalue weighted by atomic mass is 32.1. The maximum absolute atomic E-state index is 12.1. The minimum atomic E-state index is -0.274. The molecule has 1 amide bonds. The summed E-state index contributed by atoms with van der Waals surface area (Å²) in [6.45, 7) is 4.59. The summed E-state index contributed by atoms with van der Waals surface area (Å²) in [5.74, 6) is 0.458. The Labute approximate surface area is 147 Å². The van der Waals surface area contributed by atoms with Gasteiger partial charge in [-0.1, -0.05) is 19.1 Å². The van der Waals surface area contributed by atoms with E-state index in [-0.39, 0.29) is 5.91 Å². The number of carbonyl (C=O) groups is 1. The molecule has 0 aromatic heterocycles. The van der Waals surface area contributed by atoms with Crippen LogP contribution in [0.3, 0.4) is 0 Å². The van der Waals surface area contributed by atoms with Crippen molar-refractivity contribution < 1.29 is 9.53 Å². The van der Waals surface area contributed by atoms with E-state index in [2.05, 4.69) is 29.2 Å². The van der Waals surface area contributed by atoms with E-state index in [4.69, 9.17) is 17.0 Å². The lowest BCUT2D eigenvalue weighted by atomic mass is 10.1. The second-order valence-corrected chi connectivity index (χ2v) is 5.45. The summed E-state index contributed by atoms with van der Waals surface area (Å²) in [5, 5.41) is 3.36. The highest BCUT2D eigenvalue weighted by molar-refractivity contribution is 7.80. The van der Waals surface area contributed by atoms with E-state index >= 15 is 0 Å². The van der Waals surface area contributed by atoms with Crippen LogP contribution in [-0.4, -0.2) is 17.6 Å². The van der Waals surface area contributed by atoms with Crippen LogP contribution in [0.4, 0.5) is 5.69 Å². The molecule has 0 unspecified atom stereocenters. The molecule has 0 aliphatic rings. The number of benzene rings is 2. The van der Waals surface area contributed by atoms with Gasteiger partial charge >= 0.3 is 0 Å². The molecule has 2 aromatic rings. The van der Waals surface area contributed by atoms with Gasteiger partial charge in [0.1, 0.15) is 5.75 Å².